The van der Waals surface area contributed by atoms with Crippen LogP contribution in [0.1, 0.15) is 93.0 Å². The van der Waals surface area contributed by atoms with Gasteiger partial charge < -0.3 is 4.74 Å². The standard InChI is InChI=1S/C27H35FO2/c1-3-4-5-6-18-7-8-20-14-21(10-9-19(20)13-18)22-11-12-23-15-24(27(29)30-2)17-26(28)25(23)16-22/h11-12,15-21H,3-10,13-14H2,1-2H3/t18?,19-,20+,21?/m0/s1. The average Bonchev–Trinajstić information content (AvgIpc) is 2.78. The number of carbonyl (C=O) groups excluding carboxylic acids is 1. The van der Waals surface area contributed by atoms with Crippen LogP contribution in [0.4, 0.5) is 4.39 Å². The zero-order chi connectivity index (χ0) is 21.1. The van der Waals surface area contributed by atoms with E-state index in [2.05, 4.69) is 13.0 Å². The maximum atomic E-state index is 14.7. The van der Waals surface area contributed by atoms with Crippen LogP contribution in [0.5, 0.6) is 0 Å². The molecular weight excluding hydrogens is 375 g/mol. The molecule has 2 aliphatic carbocycles. The van der Waals surface area contributed by atoms with E-state index in [-0.39, 0.29) is 11.4 Å². The largest absolute Gasteiger partial charge is 0.465 e. The Balaban J connectivity index is 1.44. The minimum atomic E-state index is -0.497. The van der Waals surface area contributed by atoms with E-state index < -0.39 is 5.97 Å². The van der Waals surface area contributed by atoms with Gasteiger partial charge in [-0.1, -0.05) is 51.2 Å². The van der Waals surface area contributed by atoms with Crippen molar-refractivity contribution in [3.05, 3.63) is 47.3 Å². The number of esters is 1. The molecule has 2 aliphatic rings. The summed E-state index contributed by atoms with van der Waals surface area (Å²) >= 11 is 0. The molecule has 0 bridgehead atoms. The molecule has 2 aromatic carbocycles. The van der Waals surface area contributed by atoms with E-state index in [9.17, 15) is 9.18 Å². The molecule has 0 aliphatic heterocycles. The smallest absolute Gasteiger partial charge is 0.337 e. The molecule has 2 nitrogen and oxygen atoms in total. The second-order valence-corrected chi connectivity index (χ2v) is 9.64. The third-order valence-corrected chi connectivity index (χ3v) is 7.76. The van der Waals surface area contributed by atoms with Gasteiger partial charge in [0.15, 0.2) is 0 Å². The fraction of sp³-hybridized carbons (Fsp3) is 0.593. The topological polar surface area (TPSA) is 26.3 Å². The van der Waals surface area contributed by atoms with E-state index in [4.69, 9.17) is 4.74 Å². The molecule has 2 unspecified atom stereocenters. The molecule has 0 aromatic heterocycles. The van der Waals surface area contributed by atoms with Crippen molar-refractivity contribution in [2.45, 2.75) is 77.0 Å². The lowest BCUT2D eigenvalue weighted by molar-refractivity contribution is 0.0600. The van der Waals surface area contributed by atoms with Crippen LogP contribution < -0.4 is 0 Å². The molecule has 30 heavy (non-hydrogen) atoms. The predicted octanol–water partition coefficient (Wildman–Crippen LogP) is 7.65. The number of benzene rings is 2. The summed E-state index contributed by atoms with van der Waals surface area (Å²) in [5.74, 6) is 2.40. The number of methoxy groups -OCH3 is 1. The third-order valence-electron chi connectivity index (χ3n) is 7.76. The SMILES string of the molecule is CCCCCC1CC[C@@H]2CC(c3ccc4cc(C(=O)OC)cc(F)c4c3)CC[C@H]2C1. The molecule has 0 amide bonds. The molecule has 3 heteroatoms. The number of ether oxygens (including phenoxy) is 1. The lowest BCUT2D eigenvalue weighted by atomic mass is 9.63. The Kier molecular flexibility index (Phi) is 6.75. The van der Waals surface area contributed by atoms with Crippen molar-refractivity contribution in [1.29, 1.82) is 0 Å². The summed E-state index contributed by atoms with van der Waals surface area (Å²) in [6.07, 6.45) is 13.5. The maximum absolute atomic E-state index is 14.7. The maximum Gasteiger partial charge on any atom is 0.337 e. The van der Waals surface area contributed by atoms with Crippen molar-refractivity contribution in [2.24, 2.45) is 17.8 Å². The third kappa shape index (κ3) is 4.55. The molecule has 0 heterocycles. The predicted molar refractivity (Wildman–Crippen MR) is 120 cm³/mol. The lowest BCUT2D eigenvalue weighted by Crippen LogP contribution is -2.30. The van der Waals surface area contributed by atoms with Crippen LogP contribution in [-0.2, 0) is 4.74 Å². The highest BCUT2D eigenvalue weighted by atomic mass is 19.1. The van der Waals surface area contributed by atoms with Crippen molar-refractivity contribution >= 4 is 16.7 Å². The molecule has 0 spiro atoms. The van der Waals surface area contributed by atoms with Gasteiger partial charge in [0.05, 0.1) is 12.7 Å². The second kappa shape index (κ2) is 9.49. The minimum absolute atomic E-state index is 0.270. The number of rotatable bonds is 6. The number of carbonyl (C=O) groups is 1. The monoisotopic (exact) mass is 410 g/mol. The summed E-state index contributed by atoms with van der Waals surface area (Å²) in [5, 5.41) is 1.38. The Bertz CT molecular complexity index is 890. The Labute approximate surface area is 180 Å². The summed E-state index contributed by atoms with van der Waals surface area (Å²) in [6.45, 7) is 2.29. The first-order chi connectivity index (χ1) is 14.6. The first-order valence-electron chi connectivity index (χ1n) is 11.9. The summed E-state index contributed by atoms with van der Waals surface area (Å²) in [4.78, 5) is 11.8. The Hall–Kier alpha value is -1.90. The van der Waals surface area contributed by atoms with Gasteiger partial charge in [-0.25, -0.2) is 9.18 Å². The van der Waals surface area contributed by atoms with E-state index in [1.54, 1.807) is 6.07 Å². The number of hydrogen-bond donors (Lipinski definition) is 0. The van der Waals surface area contributed by atoms with Crippen LogP contribution in [0.2, 0.25) is 0 Å². The van der Waals surface area contributed by atoms with Crippen LogP contribution in [0.3, 0.4) is 0 Å². The van der Waals surface area contributed by atoms with E-state index in [1.807, 2.05) is 12.1 Å². The number of hydrogen-bond acceptors (Lipinski definition) is 2. The Morgan fingerprint density at radius 2 is 1.83 bits per heavy atom. The van der Waals surface area contributed by atoms with Gasteiger partial charge in [0.25, 0.3) is 0 Å². The van der Waals surface area contributed by atoms with Gasteiger partial charge in [0, 0.05) is 5.39 Å². The van der Waals surface area contributed by atoms with Crippen molar-refractivity contribution in [3.63, 3.8) is 0 Å². The molecule has 2 fully saturated rings. The van der Waals surface area contributed by atoms with Crippen LogP contribution >= 0.6 is 0 Å². The second-order valence-electron chi connectivity index (χ2n) is 9.64. The van der Waals surface area contributed by atoms with E-state index in [0.717, 1.165) is 23.1 Å². The van der Waals surface area contributed by atoms with Gasteiger partial charge in [-0.2, -0.15) is 0 Å². The van der Waals surface area contributed by atoms with Crippen LogP contribution in [0, 0.1) is 23.6 Å². The fourth-order valence-electron chi connectivity index (χ4n) is 6.05. The van der Waals surface area contributed by atoms with Crippen LogP contribution in [0.25, 0.3) is 10.8 Å². The summed E-state index contributed by atoms with van der Waals surface area (Å²) in [5.41, 5.74) is 1.53. The van der Waals surface area contributed by atoms with Crippen molar-refractivity contribution in [1.82, 2.24) is 0 Å². The van der Waals surface area contributed by atoms with Gasteiger partial charge in [-0.15, -0.1) is 0 Å². The van der Waals surface area contributed by atoms with Gasteiger partial charge >= 0.3 is 5.97 Å². The molecule has 162 valence electrons. The zero-order valence-corrected chi connectivity index (χ0v) is 18.5. The van der Waals surface area contributed by atoms with Gasteiger partial charge in [0.2, 0.25) is 0 Å². The fourth-order valence-corrected chi connectivity index (χ4v) is 6.05. The molecule has 4 rings (SSSR count). The lowest BCUT2D eigenvalue weighted by Gasteiger charge is -2.42. The zero-order valence-electron chi connectivity index (χ0n) is 18.5. The first-order valence-corrected chi connectivity index (χ1v) is 11.9. The van der Waals surface area contributed by atoms with Crippen molar-refractivity contribution in [3.8, 4) is 0 Å². The normalized spacial score (nSPS) is 26.4. The summed E-state index contributed by atoms with van der Waals surface area (Å²) < 4.78 is 19.5. The van der Waals surface area contributed by atoms with E-state index >= 15 is 0 Å². The molecule has 0 saturated heterocycles. The molecular formula is C27H35FO2. The quantitative estimate of drug-likeness (QED) is 0.361. The van der Waals surface area contributed by atoms with Crippen LogP contribution in [-0.4, -0.2) is 13.1 Å². The number of fused-ring (bicyclic) bond motifs is 2. The molecule has 0 N–H and O–H groups in total. The number of unbranched alkanes of at least 4 members (excludes halogenated alkanes) is 2. The van der Waals surface area contributed by atoms with Crippen molar-refractivity contribution < 1.29 is 13.9 Å². The molecule has 4 atom stereocenters. The van der Waals surface area contributed by atoms with Gasteiger partial charge in [-0.3, -0.25) is 0 Å². The Morgan fingerprint density at radius 3 is 2.63 bits per heavy atom. The molecule has 0 radical (unpaired) electrons. The number of halogens is 1. The minimum Gasteiger partial charge on any atom is -0.465 e. The highest BCUT2D eigenvalue weighted by molar-refractivity contribution is 5.95. The van der Waals surface area contributed by atoms with Gasteiger partial charge in [-0.05, 0) is 84.9 Å². The van der Waals surface area contributed by atoms with Gasteiger partial charge in [0.1, 0.15) is 5.82 Å². The van der Waals surface area contributed by atoms with Crippen molar-refractivity contribution in [2.75, 3.05) is 7.11 Å². The highest BCUT2D eigenvalue weighted by Gasteiger charge is 2.35. The molecule has 2 aromatic rings. The van der Waals surface area contributed by atoms with Crippen LogP contribution in [0.15, 0.2) is 30.3 Å². The summed E-state index contributed by atoms with van der Waals surface area (Å²) in [6, 6.07) is 9.16. The Morgan fingerprint density at radius 1 is 1.03 bits per heavy atom. The highest BCUT2D eigenvalue weighted by Crippen LogP contribution is 2.48. The molecule has 2 saturated carbocycles. The van der Waals surface area contributed by atoms with E-state index in [1.165, 1.54) is 82.9 Å². The average molecular weight is 411 g/mol. The summed E-state index contributed by atoms with van der Waals surface area (Å²) in [7, 11) is 1.32. The van der Waals surface area contributed by atoms with E-state index in [0.29, 0.717) is 11.3 Å². The first kappa shape index (κ1) is 21.3.